The van der Waals surface area contributed by atoms with Crippen molar-refractivity contribution in [3.05, 3.63) is 24.3 Å². The molecular formula is C7H9KO5. The van der Waals surface area contributed by atoms with Crippen molar-refractivity contribution in [2.75, 3.05) is 0 Å². The van der Waals surface area contributed by atoms with Gasteiger partial charge < -0.3 is 20.4 Å². The van der Waals surface area contributed by atoms with Crippen LogP contribution >= 0.6 is 0 Å². The van der Waals surface area contributed by atoms with Gasteiger partial charge in [0.15, 0.2) is 11.5 Å². The van der Waals surface area contributed by atoms with Crippen LogP contribution in [0.2, 0.25) is 0 Å². The van der Waals surface area contributed by atoms with E-state index in [1.165, 1.54) is 12.1 Å². The molecule has 6 heteroatoms. The van der Waals surface area contributed by atoms with E-state index in [4.69, 9.17) is 25.2 Å². The van der Waals surface area contributed by atoms with Gasteiger partial charge in [0, 0.05) is 0 Å². The Balaban J connectivity index is 0. The second kappa shape index (κ2) is 8.33. The van der Waals surface area contributed by atoms with Crippen LogP contribution in [0.1, 0.15) is 0 Å². The van der Waals surface area contributed by atoms with Gasteiger partial charge >= 0.3 is 57.5 Å². The van der Waals surface area contributed by atoms with E-state index in [0.717, 1.165) is 0 Å². The molecule has 0 heterocycles. The van der Waals surface area contributed by atoms with Crippen LogP contribution in [0.3, 0.4) is 0 Å². The summed E-state index contributed by atoms with van der Waals surface area (Å²) in [5.74, 6) is -0.153. The topological polar surface area (TPSA) is 98.0 Å². The number of carbonyl (C=O) groups is 1. The van der Waals surface area contributed by atoms with E-state index in [-0.39, 0.29) is 62.9 Å². The molecule has 0 bridgehead atoms. The van der Waals surface area contributed by atoms with Crippen LogP contribution in [0, 0.1) is 0 Å². The zero-order valence-electron chi connectivity index (χ0n) is 6.01. The monoisotopic (exact) mass is 212 g/mol. The van der Waals surface area contributed by atoms with Gasteiger partial charge in [0.25, 0.3) is 0 Å². The first kappa shape index (κ1) is 15.2. The molecule has 1 aromatic carbocycles. The Hall–Kier alpha value is -0.274. The summed E-state index contributed by atoms with van der Waals surface area (Å²) in [5, 5.41) is 31.3. The van der Waals surface area contributed by atoms with Gasteiger partial charge in [-0.15, -0.1) is 0 Å². The predicted molar refractivity (Wildman–Crippen MR) is 47.6 cm³/mol. The summed E-state index contributed by atoms with van der Waals surface area (Å²) in [6.07, 6.45) is -1.83. The Kier molecular flexibility index (Phi) is 9.75. The Morgan fingerprint density at radius 1 is 1.00 bits per heavy atom. The summed E-state index contributed by atoms with van der Waals surface area (Å²) >= 11 is 0. The van der Waals surface area contributed by atoms with Crippen LogP contribution in [0.25, 0.3) is 0 Å². The molecule has 0 aliphatic carbocycles. The summed E-state index contributed by atoms with van der Waals surface area (Å²) in [5.41, 5.74) is 0. The van der Waals surface area contributed by atoms with E-state index < -0.39 is 6.16 Å². The third-order valence-corrected chi connectivity index (χ3v) is 0.882. The first-order valence-electron chi connectivity index (χ1n) is 2.93. The number of carboxylic acid groups (broad SMARTS) is 2. The van der Waals surface area contributed by atoms with Crippen LogP contribution in [0.15, 0.2) is 24.3 Å². The van der Waals surface area contributed by atoms with E-state index in [2.05, 4.69) is 0 Å². The molecule has 68 valence electrons. The maximum absolute atomic E-state index is 8.67. The van der Waals surface area contributed by atoms with E-state index in [1.54, 1.807) is 12.1 Å². The minimum absolute atomic E-state index is 0. The average Bonchev–Trinajstić information content (AvgIpc) is 1.94. The fourth-order valence-corrected chi connectivity index (χ4v) is 0.464. The fourth-order valence-electron chi connectivity index (χ4n) is 0.464. The van der Waals surface area contributed by atoms with Crippen LogP contribution in [-0.2, 0) is 0 Å². The SMILES string of the molecule is O=C(O)O.Oc1ccccc1O.[KH]. The van der Waals surface area contributed by atoms with Gasteiger partial charge in [-0.25, -0.2) is 4.79 Å². The van der Waals surface area contributed by atoms with Gasteiger partial charge in [0.05, 0.1) is 0 Å². The van der Waals surface area contributed by atoms with Gasteiger partial charge in [-0.05, 0) is 12.1 Å². The van der Waals surface area contributed by atoms with Crippen molar-refractivity contribution in [1.82, 2.24) is 0 Å². The Morgan fingerprint density at radius 2 is 1.23 bits per heavy atom. The Morgan fingerprint density at radius 3 is 1.38 bits per heavy atom. The maximum atomic E-state index is 8.67. The normalized spacial score (nSPS) is 7.38. The van der Waals surface area contributed by atoms with Crippen LogP contribution in [0.5, 0.6) is 11.5 Å². The molecule has 0 aliphatic rings. The van der Waals surface area contributed by atoms with E-state index in [9.17, 15) is 0 Å². The number of rotatable bonds is 0. The van der Waals surface area contributed by atoms with Crippen LogP contribution in [0.4, 0.5) is 4.79 Å². The van der Waals surface area contributed by atoms with Crippen LogP contribution in [-0.4, -0.2) is 78.0 Å². The van der Waals surface area contributed by atoms with Crippen molar-refractivity contribution in [2.24, 2.45) is 0 Å². The van der Waals surface area contributed by atoms with Crippen molar-refractivity contribution in [3.8, 4) is 11.5 Å². The zero-order chi connectivity index (χ0) is 9.56. The molecule has 4 N–H and O–H groups in total. The molecule has 5 nitrogen and oxygen atoms in total. The Labute approximate surface area is 117 Å². The quantitative estimate of drug-likeness (QED) is 0.374. The van der Waals surface area contributed by atoms with Crippen molar-refractivity contribution in [2.45, 2.75) is 0 Å². The first-order valence-corrected chi connectivity index (χ1v) is 2.93. The minimum atomic E-state index is -1.83. The summed E-state index contributed by atoms with van der Waals surface area (Å²) in [4.78, 5) is 8.56. The molecule has 0 fully saturated rings. The Bertz CT molecular complexity index is 238. The number of para-hydroxylation sites is 2. The standard InChI is InChI=1S/C6H6O2.CH2O3.K.H/c7-5-3-1-2-4-6(5)8;2-1(3)4;;/h1-4,7-8H;(H2,2,3,4);;. The number of hydrogen-bond donors (Lipinski definition) is 4. The molecule has 13 heavy (non-hydrogen) atoms. The van der Waals surface area contributed by atoms with Crippen molar-refractivity contribution in [3.63, 3.8) is 0 Å². The molecule has 1 aromatic rings. The molecule has 0 amide bonds. The second-order valence-corrected chi connectivity index (χ2v) is 1.77. The van der Waals surface area contributed by atoms with Gasteiger partial charge in [-0.3, -0.25) is 0 Å². The average molecular weight is 212 g/mol. The van der Waals surface area contributed by atoms with Gasteiger partial charge in [-0.2, -0.15) is 0 Å². The molecule has 1 rings (SSSR count). The van der Waals surface area contributed by atoms with E-state index >= 15 is 0 Å². The van der Waals surface area contributed by atoms with Crippen molar-refractivity contribution < 1.29 is 25.2 Å². The third-order valence-electron chi connectivity index (χ3n) is 0.882. The first-order chi connectivity index (χ1) is 5.54. The summed E-state index contributed by atoms with van der Waals surface area (Å²) in [6, 6.07) is 6.15. The van der Waals surface area contributed by atoms with E-state index in [0.29, 0.717) is 0 Å². The van der Waals surface area contributed by atoms with Crippen LogP contribution < -0.4 is 0 Å². The number of aromatic hydroxyl groups is 2. The number of phenols is 2. The molecule has 0 radical (unpaired) electrons. The molecule has 0 saturated carbocycles. The van der Waals surface area contributed by atoms with Crippen molar-refractivity contribution >= 4 is 57.5 Å². The molecule has 0 saturated heterocycles. The molecule has 0 atom stereocenters. The fraction of sp³-hybridized carbons (Fsp3) is 0. The van der Waals surface area contributed by atoms with Gasteiger partial charge in [0.1, 0.15) is 0 Å². The second-order valence-electron chi connectivity index (χ2n) is 1.77. The van der Waals surface area contributed by atoms with Gasteiger partial charge in [-0.1, -0.05) is 12.1 Å². The zero-order valence-corrected chi connectivity index (χ0v) is 6.01. The number of hydrogen-bond acceptors (Lipinski definition) is 3. The molecule has 0 aromatic heterocycles. The number of phenolic OH excluding ortho intramolecular Hbond substituents is 2. The van der Waals surface area contributed by atoms with Gasteiger partial charge in [0.2, 0.25) is 0 Å². The summed E-state index contributed by atoms with van der Waals surface area (Å²) in [6.45, 7) is 0. The van der Waals surface area contributed by atoms with E-state index in [1.807, 2.05) is 0 Å². The summed E-state index contributed by atoms with van der Waals surface area (Å²) in [7, 11) is 0. The molecular weight excluding hydrogens is 203 g/mol. The third kappa shape index (κ3) is 9.64. The number of benzene rings is 1. The predicted octanol–water partition coefficient (Wildman–Crippen LogP) is 0.672. The molecule has 0 spiro atoms. The summed E-state index contributed by atoms with van der Waals surface area (Å²) < 4.78 is 0. The molecule has 0 unspecified atom stereocenters. The molecule has 0 aliphatic heterocycles. The van der Waals surface area contributed by atoms with Crippen molar-refractivity contribution in [1.29, 1.82) is 0 Å².